The van der Waals surface area contributed by atoms with Crippen LogP contribution >= 0.6 is 0 Å². The molecule has 0 radical (unpaired) electrons. The number of hydrogen-bond acceptors (Lipinski definition) is 3. The maximum absolute atomic E-state index is 11.6. The summed E-state index contributed by atoms with van der Waals surface area (Å²) in [6, 6.07) is 6.96. The lowest BCUT2D eigenvalue weighted by atomic mass is 10.1. The summed E-state index contributed by atoms with van der Waals surface area (Å²) in [6.07, 6.45) is 6.54. The highest BCUT2D eigenvalue weighted by atomic mass is 16.5. The first kappa shape index (κ1) is 13.9. The van der Waals surface area contributed by atoms with E-state index in [0.717, 1.165) is 6.42 Å². The first-order valence-corrected chi connectivity index (χ1v) is 5.87. The molecular weight excluding hydrogens is 228 g/mol. The third-order valence-electron chi connectivity index (χ3n) is 2.45. The maximum Gasteiger partial charge on any atom is 0.258 e. The molecule has 0 saturated heterocycles. The van der Waals surface area contributed by atoms with Crippen molar-refractivity contribution >= 4 is 11.6 Å². The van der Waals surface area contributed by atoms with Crippen molar-refractivity contribution in [2.24, 2.45) is 0 Å². The zero-order valence-electron chi connectivity index (χ0n) is 10.5. The van der Waals surface area contributed by atoms with Gasteiger partial charge >= 0.3 is 0 Å². The molecule has 0 aliphatic heterocycles. The molecule has 0 aliphatic rings. The molecule has 1 atom stereocenters. The predicted molar refractivity (Wildman–Crippen MR) is 72.0 cm³/mol. The minimum Gasteiger partial charge on any atom is -0.484 e. The summed E-state index contributed by atoms with van der Waals surface area (Å²) in [4.78, 5) is 11.6. The maximum atomic E-state index is 11.6. The monoisotopic (exact) mass is 246 g/mol. The molecule has 96 valence electrons. The minimum atomic E-state index is -0.181. The lowest BCUT2D eigenvalue weighted by Gasteiger charge is -2.14. The highest BCUT2D eigenvalue weighted by Crippen LogP contribution is 2.14. The van der Waals surface area contributed by atoms with Crippen molar-refractivity contribution in [2.45, 2.75) is 25.8 Å². The van der Waals surface area contributed by atoms with Crippen molar-refractivity contribution in [1.29, 1.82) is 0 Å². The van der Waals surface area contributed by atoms with Crippen LogP contribution in [0.2, 0.25) is 0 Å². The molecule has 0 fully saturated rings. The molecule has 1 amide bonds. The number of amides is 1. The summed E-state index contributed by atoms with van der Waals surface area (Å²) in [6.45, 7) is 1.94. The van der Waals surface area contributed by atoms with Gasteiger partial charge in [0.25, 0.3) is 5.91 Å². The van der Waals surface area contributed by atoms with Gasteiger partial charge in [-0.25, -0.2) is 0 Å². The Kier molecular flexibility index (Phi) is 5.59. The standard InChI is InChI=1S/C14H18N2O2/c1-3-6-12(4-2)16-14(17)10-18-13-8-5-7-11(15)9-13/h1,5,7-9,12H,4,6,10,15H2,2H3,(H,16,17). The van der Waals surface area contributed by atoms with Gasteiger partial charge in [-0.2, -0.15) is 0 Å². The molecule has 4 heteroatoms. The molecule has 1 aromatic rings. The van der Waals surface area contributed by atoms with E-state index in [0.29, 0.717) is 17.9 Å². The Morgan fingerprint density at radius 3 is 3.00 bits per heavy atom. The second-order valence-corrected chi connectivity index (χ2v) is 3.94. The van der Waals surface area contributed by atoms with Gasteiger partial charge in [-0.15, -0.1) is 12.3 Å². The largest absolute Gasteiger partial charge is 0.484 e. The molecule has 18 heavy (non-hydrogen) atoms. The summed E-state index contributed by atoms with van der Waals surface area (Å²) in [5.74, 6) is 2.93. The Hall–Kier alpha value is -2.15. The van der Waals surface area contributed by atoms with Crippen LogP contribution in [0.25, 0.3) is 0 Å². The lowest BCUT2D eigenvalue weighted by Crippen LogP contribution is -2.37. The van der Waals surface area contributed by atoms with Gasteiger partial charge < -0.3 is 15.8 Å². The number of terminal acetylenes is 1. The number of nitrogen functional groups attached to an aromatic ring is 1. The van der Waals surface area contributed by atoms with Crippen molar-refractivity contribution in [1.82, 2.24) is 5.32 Å². The predicted octanol–water partition coefficient (Wildman–Crippen LogP) is 1.57. The molecular formula is C14H18N2O2. The van der Waals surface area contributed by atoms with Crippen molar-refractivity contribution in [2.75, 3.05) is 12.3 Å². The Labute approximate surface area is 108 Å². The van der Waals surface area contributed by atoms with Crippen LogP contribution < -0.4 is 15.8 Å². The van der Waals surface area contributed by atoms with Crippen LogP contribution in [0.1, 0.15) is 19.8 Å². The number of rotatable bonds is 6. The molecule has 1 unspecified atom stereocenters. The summed E-state index contributed by atoms with van der Waals surface area (Å²) in [7, 11) is 0. The van der Waals surface area contributed by atoms with E-state index < -0.39 is 0 Å². The topological polar surface area (TPSA) is 64.3 Å². The number of carbonyl (C=O) groups excluding carboxylic acids is 1. The van der Waals surface area contributed by atoms with E-state index in [4.69, 9.17) is 16.9 Å². The summed E-state index contributed by atoms with van der Waals surface area (Å²) >= 11 is 0. The normalized spacial score (nSPS) is 11.3. The second-order valence-electron chi connectivity index (χ2n) is 3.94. The second kappa shape index (κ2) is 7.23. The molecule has 0 bridgehead atoms. The van der Waals surface area contributed by atoms with Gasteiger partial charge in [0, 0.05) is 24.2 Å². The average Bonchev–Trinajstić information content (AvgIpc) is 2.36. The van der Waals surface area contributed by atoms with Crippen LogP contribution in [0.4, 0.5) is 5.69 Å². The number of nitrogens with two attached hydrogens (primary N) is 1. The van der Waals surface area contributed by atoms with Gasteiger partial charge in [-0.05, 0) is 18.6 Å². The number of hydrogen-bond donors (Lipinski definition) is 2. The third kappa shape index (κ3) is 4.79. The lowest BCUT2D eigenvalue weighted by molar-refractivity contribution is -0.123. The number of ether oxygens (including phenoxy) is 1. The Balaban J connectivity index is 2.39. The number of carbonyl (C=O) groups is 1. The fraction of sp³-hybridized carbons (Fsp3) is 0.357. The molecule has 0 saturated carbocycles. The van der Waals surface area contributed by atoms with Crippen LogP contribution in [0, 0.1) is 12.3 Å². The summed E-state index contributed by atoms with van der Waals surface area (Å²) in [5.41, 5.74) is 6.21. The van der Waals surface area contributed by atoms with Crippen molar-refractivity contribution in [3.8, 4) is 18.1 Å². The van der Waals surface area contributed by atoms with E-state index in [2.05, 4.69) is 11.2 Å². The fourth-order valence-corrected chi connectivity index (χ4v) is 1.46. The Morgan fingerprint density at radius 2 is 2.39 bits per heavy atom. The van der Waals surface area contributed by atoms with Gasteiger partial charge in [-0.1, -0.05) is 13.0 Å². The first-order chi connectivity index (χ1) is 8.65. The number of nitrogens with one attached hydrogen (secondary N) is 1. The molecule has 1 aromatic carbocycles. The fourth-order valence-electron chi connectivity index (χ4n) is 1.46. The van der Waals surface area contributed by atoms with Crippen LogP contribution in [0.15, 0.2) is 24.3 Å². The van der Waals surface area contributed by atoms with E-state index in [1.807, 2.05) is 6.92 Å². The van der Waals surface area contributed by atoms with Gasteiger partial charge in [0.1, 0.15) is 5.75 Å². The van der Waals surface area contributed by atoms with Gasteiger partial charge in [0.15, 0.2) is 6.61 Å². The van der Waals surface area contributed by atoms with Crippen molar-refractivity contribution < 1.29 is 9.53 Å². The highest BCUT2D eigenvalue weighted by Gasteiger charge is 2.09. The van der Waals surface area contributed by atoms with E-state index in [9.17, 15) is 4.79 Å². The van der Waals surface area contributed by atoms with Crippen molar-refractivity contribution in [3.05, 3.63) is 24.3 Å². The zero-order chi connectivity index (χ0) is 13.4. The number of benzene rings is 1. The highest BCUT2D eigenvalue weighted by molar-refractivity contribution is 5.77. The van der Waals surface area contributed by atoms with Crippen LogP contribution in [-0.4, -0.2) is 18.6 Å². The molecule has 1 rings (SSSR count). The summed E-state index contributed by atoms with van der Waals surface area (Å²) < 4.78 is 5.33. The Bertz CT molecular complexity index is 438. The smallest absolute Gasteiger partial charge is 0.258 e. The van der Waals surface area contributed by atoms with E-state index in [-0.39, 0.29) is 18.6 Å². The van der Waals surface area contributed by atoms with Crippen molar-refractivity contribution in [3.63, 3.8) is 0 Å². The van der Waals surface area contributed by atoms with E-state index >= 15 is 0 Å². The first-order valence-electron chi connectivity index (χ1n) is 5.87. The SMILES string of the molecule is C#CCC(CC)NC(=O)COc1cccc(N)c1. The van der Waals surface area contributed by atoms with Gasteiger partial charge in [-0.3, -0.25) is 4.79 Å². The number of anilines is 1. The third-order valence-corrected chi connectivity index (χ3v) is 2.45. The molecule has 0 heterocycles. The Morgan fingerprint density at radius 1 is 1.61 bits per heavy atom. The molecule has 0 aliphatic carbocycles. The van der Waals surface area contributed by atoms with Gasteiger partial charge in [0.2, 0.25) is 0 Å². The van der Waals surface area contributed by atoms with Crippen LogP contribution in [-0.2, 0) is 4.79 Å². The molecule has 4 nitrogen and oxygen atoms in total. The zero-order valence-corrected chi connectivity index (χ0v) is 10.5. The minimum absolute atomic E-state index is 0.00643. The van der Waals surface area contributed by atoms with Crippen LogP contribution in [0.5, 0.6) is 5.75 Å². The van der Waals surface area contributed by atoms with E-state index in [1.54, 1.807) is 24.3 Å². The molecule has 0 aromatic heterocycles. The van der Waals surface area contributed by atoms with Gasteiger partial charge in [0.05, 0.1) is 0 Å². The quantitative estimate of drug-likeness (QED) is 0.591. The van der Waals surface area contributed by atoms with Crippen LogP contribution in [0.3, 0.4) is 0 Å². The molecule has 3 N–H and O–H groups in total. The summed E-state index contributed by atoms with van der Waals surface area (Å²) in [5, 5.41) is 2.81. The molecule has 0 spiro atoms. The van der Waals surface area contributed by atoms with E-state index in [1.165, 1.54) is 0 Å². The average molecular weight is 246 g/mol.